The molecule has 2 N–H and O–H groups in total. The maximum Gasteiger partial charge on any atom is 0.416 e. The van der Waals surface area contributed by atoms with Crippen LogP contribution < -0.4 is 10.6 Å². The molecule has 1 aliphatic heterocycles. The highest BCUT2D eigenvalue weighted by atomic mass is 32.1. The molecule has 1 atom stereocenters. The minimum atomic E-state index is -4.53. The Morgan fingerprint density at radius 1 is 1.14 bits per heavy atom. The second-order valence-corrected chi connectivity index (χ2v) is 9.99. The molecule has 4 rings (SSSR count). The largest absolute Gasteiger partial charge is 0.416 e. The molecule has 0 radical (unpaired) electrons. The SMILES string of the molecule is O=C(Nc1nccs1)[C@H](CC1CCCCC1)N1CCN(C(=O)Nc2cccc(C(F)(F)F)c2)CC1=O. The molecule has 2 heterocycles. The summed E-state index contributed by atoms with van der Waals surface area (Å²) in [7, 11) is 0. The first kappa shape index (κ1) is 25.9. The lowest BCUT2D eigenvalue weighted by Gasteiger charge is -2.39. The number of carbonyl (C=O) groups excluding carboxylic acids is 3. The van der Waals surface area contributed by atoms with Crippen molar-refractivity contribution in [2.24, 2.45) is 5.92 Å². The lowest BCUT2D eigenvalue weighted by Crippen LogP contribution is -2.59. The highest BCUT2D eigenvalue weighted by Crippen LogP contribution is 2.31. The number of piperazine rings is 1. The predicted octanol–water partition coefficient (Wildman–Crippen LogP) is 4.82. The van der Waals surface area contributed by atoms with Crippen molar-refractivity contribution in [2.45, 2.75) is 50.7 Å². The van der Waals surface area contributed by atoms with E-state index in [9.17, 15) is 27.6 Å². The third-order valence-electron chi connectivity index (χ3n) is 6.61. The van der Waals surface area contributed by atoms with Crippen LogP contribution in [0.2, 0.25) is 0 Å². The van der Waals surface area contributed by atoms with Gasteiger partial charge in [-0.05, 0) is 30.5 Å². The summed E-state index contributed by atoms with van der Waals surface area (Å²) in [6.45, 7) is 0.0379. The van der Waals surface area contributed by atoms with Gasteiger partial charge in [0.05, 0.1) is 5.56 Å². The topological polar surface area (TPSA) is 94.6 Å². The van der Waals surface area contributed by atoms with Gasteiger partial charge in [0, 0.05) is 30.4 Å². The van der Waals surface area contributed by atoms with E-state index in [1.165, 1.54) is 39.7 Å². The maximum atomic E-state index is 13.2. The standard InChI is InChI=1S/C24H28F3N5O3S/c25-24(26,27)17-7-4-8-18(14-17)29-23(35)31-10-11-32(20(33)15-31)19(13-16-5-2-1-3-6-16)21(34)30-22-28-9-12-36-22/h4,7-9,12,14,16,19H,1-3,5-6,10-11,13,15H2,(H,29,35)(H,28,30,34)/t19-/m0/s1. The summed E-state index contributed by atoms with van der Waals surface area (Å²) in [5.41, 5.74) is -0.888. The number of anilines is 2. The maximum absolute atomic E-state index is 13.2. The fourth-order valence-electron chi connectivity index (χ4n) is 4.75. The van der Waals surface area contributed by atoms with Gasteiger partial charge in [-0.3, -0.25) is 9.59 Å². The number of benzene rings is 1. The smallest absolute Gasteiger partial charge is 0.327 e. The Balaban J connectivity index is 1.41. The Kier molecular flexibility index (Phi) is 8.12. The van der Waals surface area contributed by atoms with E-state index < -0.39 is 23.8 Å². The number of hydrogen-bond donors (Lipinski definition) is 2. The summed E-state index contributed by atoms with van der Waals surface area (Å²) < 4.78 is 38.9. The van der Waals surface area contributed by atoms with Crippen molar-refractivity contribution < 1.29 is 27.6 Å². The van der Waals surface area contributed by atoms with Crippen molar-refractivity contribution in [2.75, 3.05) is 30.3 Å². The van der Waals surface area contributed by atoms with Gasteiger partial charge in [0.15, 0.2) is 5.13 Å². The van der Waals surface area contributed by atoms with E-state index in [-0.39, 0.29) is 37.1 Å². The first-order chi connectivity index (χ1) is 17.2. The average Bonchev–Trinajstić information content (AvgIpc) is 3.36. The van der Waals surface area contributed by atoms with Crippen LogP contribution in [0.5, 0.6) is 0 Å². The average molecular weight is 524 g/mol. The number of rotatable bonds is 6. The van der Waals surface area contributed by atoms with E-state index >= 15 is 0 Å². The first-order valence-electron chi connectivity index (χ1n) is 11.9. The number of nitrogens with zero attached hydrogens (tertiary/aromatic N) is 3. The molecule has 0 bridgehead atoms. The van der Waals surface area contributed by atoms with Crippen LogP contribution in [0.4, 0.5) is 28.8 Å². The number of alkyl halides is 3. The van der Waals surface area contributed by atoms with Crippen molar-refractivity contribution in [1.82, 2.24) is 14.8 Å². The van der Waals surface area contributed by atoms with Crippen LogP contribution in [0.1, 0.15) is 44.1 Å². The van der Waals surface area contributed by atoms with Crippen molar-refractivity contribution in [3.63, 3.8) is 0 Å². The van der Waals surface area contributed by atoms with Gasteiger partial charge in [0.25, 0.3) is 0 Å². The highest BCUT2D eigenvalue weighted by molar-refractivity contribution is 7.13. The highest BCUT2D eigenvalue weighted by Gasteiger charge is 2.37. The molecule has 2 aromatic rings. The summed E-state index contributed by atoms with van der Waals surface area (Å²) in [6, 6.07) is 2.98. The molecule has 1 aliphatic carbocycles. The summed E-state index contributed by atoms with van der Waals surface area (Å²) >= 11 is 1.29. The van der Waals surface area contributed by atoms with Crippen LogP contribution in [-0.2, 0) is 15.8 Å². The molecule has 194 valence electrons. The third kappa shape index (κ3) is 6.54. The Hall–Kier alpha value is -3.15. The van der Waals surface area contributed by atoms with Gasteiger partial charge in [-0.1, -0.05) is 38.2 Å². The molecule has 0 spiro atoms. The van der Waals surface area contributed by atoms with Gasteiger partial charge in [0.1, 0.15) is 12.6 Å². The number of halogens is 3. The van der Waals surface area contributed by atoms with Crippen molar-refractivity contribution in [3.05, 3.63) is 41.4 Å². The first-order valence-corrected chi connectivity index (χ1v) is 12.8. The van der Waals surface area contributed by atoms with E-state index in [1.54, 1.807) is 11.6 Å². The van der Waals surface area contributed by atoms with E-state index in [0.717, 1.165) is 37.8 Å². The molecule has 1 aromatic heterocycles. The zero-order valence-electron chi connectivity index (χ0n) is 19.6. The quantitative estimate of drug-likeness (QED) is 0.568. The summed E-state index contributed by atoms with van der Waals surface area (Å²) in [4.78, 5) is 45.8. The number of urea groups is 1. The predicted molar refractivity (Wildman–Crippen MR) is 129 cm³/mol. The summed E-state index contributed by atoms with van der Waals surface area (Å²) in [6.07, 6.45) is 2.98. The van der Waals surface area contributed by atoms with Crippen LogP contribution in [-0.4, -0.2) is 58.3 Å². The fourth-order valence-corrected chi connectivity index (χ4v) is 5.29. The number of carbonyl (C=O) groups is 3. The molecule has 1 aromatic carbocycles. The van der Waals surface area contributed by atoms with Crippen molar-refractivity contribution in [1.29, 1.82) is 0 Å². The number of thiazole rings is 1. The van der Waals surface area contributed by atoms with Crippen LogP contribution >= 0.6 is 11.3 Å². The lowest BCUT2D eigenvalue weighted by molar-refractivity contribution is -0.142. The third-order valence-corrected chi connectivity index (χ3v) is 7.30. The minimum Gasteiger partial charge on any atom is -0.327 e. The van der Waals surface area contributed by atoms with Gasteiger partial charge in [0.2, 0.25) is 11.8 Å². The number of aromatic nitrogens is 1. The number of hydrogen-bond acceptors (Lipinski definition) is 5. The zero-order chi connectivity index (χ0) is 25.7. The number of nitrogens with one attached hydrogen (secondary N) is 2. The molecule has 2 aliphatic rings. The Labute approximate surface area is 210 Å². The minimum absolute atomic E-state index is 0.0114. The molecule has 1 saturated carbocycles. The Morgan fingerprint density at radius 2 is 1.92 bits per heavy atom. The van der Waals surface area contributed by atoms with E-state index in [0.29, 0.717) is 17.5 Å². The summed E-state index contributed by atoms with van der Waals surface area (Å²) in [5, 5.41) is 7.45. The molecule has 0 unspecified atom stereocenters. The Morgan fingerprint density at radius 3 is 2.58 bits per heavy atom. The summed E-state index contributed by atoms with van der Waals surface area (Å²) in [5.74, 6) is -0.345. The van der Waals surface area contributed by atoms with Gasteiger partial charge >= 0.3 is 12.2 Å². The Bertz CT molecular complexity index is 1070. The van der Waals surface area contributed by atoms with Crippen LogP contribution in [0.15, 0.2) is 35.8 Å². The molecular weight excluding hydrogens is 495 g/mol. The fraction of sp³-hybridized carbons (Fsp3) is 0.500. The van der Waals surface area contributed by atoms with Crippen LogP contribution in [0.25, 0.3) is 0 Å². The molecule has 1 saturated heterocycles. The zero-order valence-corrected chi connectivity index (χ0v) is 20.4. The van der Waals surface area contributed by atoms with E-state index in [2.05, 4.69) is 15.6 Å². The molecule has 8 nitrogen and oxygen atoms in total. The van der Waals surface area contributed by atoms with E-state index in [4.69, 9.17) is 0 Å². The van der Waals surface area contributed by atoms with Crippen molar-refractivity contribution in [3.8, 4) is 0 Å². The van der Waals surface area contributed by atoms with Gasteiger partial charge < -0.3 is 20.4 Å². The molecule has 2 fully saturated rings. The van der Waals surface area contributed by atoms with Crippen molar-refractivity contribution >= 4 is 40.0 Å². The molecular formula is C24H28F3N5O3S. The van der Waals surface area contributed by atoms with Gasteiger partial charge in [-0.15, -0.1) is 11.3 Å². The second kappa shape index (κ2) is 11.3. The number of amides is 4. The van der Waals surface area contributed by atoms with E-state index in [1.807, 2.05) is 0 Å². The monoisotopic (exact) mass is 523 g/mol. The van der Waals surface area contributed by atoms with Gasteiger partial charge in [-0.2, -0.15) is 13.2 Å². The normalized spacial score (nSPS) is 18.1. The van der Waals surface area contributed by atoms with Crippen LogP contribution in [0.3, 0.4) is 0 Å². The van der Waals surface area contributed by atoms with Crippen LogP contribution in [0, 0.1) is 5.92 Å². The van der Waals surface area contributed by atoms with Gasteiger partial charge in [-0.25, -0.2) is 9.78 Å². The molecule has 36 heavy (non-hydrogen) atoms. The lowest BCUT2D eigenvalue weighted by atomic mass is 9.84. The molecule has 4 amide bonds. The second-order valence-electron chi connectivity index (χ2n) is 9.10. The molecule has 12 heteroatoms.